The van der Waals surface area contributed by atoms with Gasteiger partial charge in [0.15, 0.2) is 11.5 Å². The molecule has 0 saturated heterocycles. The van der Waals surface area contributed by atoms with E-state index in [0.29, 0.717) is 12.2 Å². The minimum absolute atomic E-state index is 0.0714. The van der Waals surface area contributed by atoms with Crippen molar-refractivity contribution in [3.8, 4) is 11.5 Å². The maximum absolute atomic E-state index is 12.7. The van der Waals surface area contributed by atoms with Gasteiger partial charge in [-0.05, 0) is 60.6 Å². The molecule has 6 heteroatoms. The zero-order chi connectivity index (χ0) is 20.4. The summed E-state index contributed by atoms with van der Waals surface area (Å²) in [4.78, 5) is 16.0. The molecule has 0 radical (unpaired) electrons. The van der Waals surface area contributed by atoms with Crippen molar-refractivity contribution in [2.45, 2.75) is 37.8 Å². The Hall–Kier alpha value is -2.99. The number of H-pyrrole nitrogens is 1. The van der Waals surface area contributed by atoms with Gasteiger partial charge in [-0.25, -0.2) is 0 Å². The molecule has 2 unspecified atom stereocenters. The summed E-state index contributed by atoms with van der Waals surface area (Å²) in [6.07, 6.45) is 4.98. The van der Waals surface area contributed by atoms with E-state index in [0.717, 1.165) is 41.5 Å². The highest BCUT2D eigenvalue weighted by molar-refractivity contribution is 5.86. The Morgan fingerprint density at radius 3 is 2.69 bits per heavy atom. The van der Waals surface area contributed by atoms with E-state index in [2.05, 4.69) is 10.3 Å². The number of aromatic amines is 1. The Bertz CT molecular complexity index is 1030. The first-order chi connectivity index (χ1) is 14.1. The number of nitrogens with one attached hydrogen (secondary N) is 2. The van der Waals surface area contributed by atoms with Gasteiger partial charge < -0.3 is 25.5 Å². The number of amides is 1. The Labute approximate surface area is 170 Å². The summed E-state index contributed by atoms with van der Waals surface area (Å²) in [5, 5.41) is 4.25. The third kappa shape index (κ3) is 3.93. The molecule has 1 heterocycles. The summed E-state index contributed by atoms with van der Waals surface area (Å²) in [6, 6.07) is 11.6. The Balaban J connectivity index is 1.41. The molecule has 0 fully saturated rings. The second kappa shape index (κ2) is 8.17. The molecule has 4 N–H and O–H groups in total. The lowest BCUT2D eigenvalue weighted by atomic mass is 9.87. The predicted molar refractivity (Wildman–Crippen MR) is 113 cm³/mol. The van der Waals surface area contributed by atoms with Gasteiger partial charge >= 0.3 is 0 Å². The molecule has 1 aliphatic rings. The zero-order valence-electron chi connectivity index (χ0n) is 16.8. The van der Waals surface area contributed by atoms with Gasteiger partial charge in [0, 0.05) is 23.1 Å². The fraction of sp³-hybridized carbons (Fsp3) is 0.348. The highest BCUT2D eigenvalue weighted by Crippen LogP contribution is 2.34. The van der Waals surface area contributed by atoms with Crippen LogP contribution in [-0.2, 0) is 24.1 Å². The molecule has 1 amide bonds. The number of ether oxygens (including phenoxy) is 2. The van der Waals surface area contributed by atoms with Crippen LogP contribution in [0.5, 0.6) is 11.5 Å². The standard InChI is InChI=1S/C23H27N3O3/c1-28-21-11-14-7-8-17(9-15(14)12-22(21)29-2)26-23(27)19(24)10-16-13-25-20-6-4-3-5-18(16)20/h3-6,11-13,17,19,25H,7-10,24H2,1-2H3,(H,26,27). The van der Waals surface area contributed by atoms with Crippen LogP contribution in [0.25, 0.3) is 10.9 Å². The van der Waals surface area contributed by atoms with Crippen molar-refractivity contribution in [2.75, 3.05) is 14.2 Å². The molecule has 2 atom stereocenters. The van der Waals surface area contributed by atoms with Crippen LogP contribution in [0.15, 0.2) is 42.6 Å². The van der Waals surface area contributed by atoms with Crippen LogP contribution in [0, 0.1) is 0 Å². The highest BCUT2D eigenvalue weighted by atomic mass is 16.5. The number of rotatable bonds is 6. The second-order valence-corrected chi connectivity index (χ2v) is 7.59. The average Bonchev–Trinajstić information content (AvgIpc) is 3.15. The van der Waals surface area contributed by atoms with Crippen LogP contribution in [-0.4, -0.2) is 37.2 Å². The minimum Gasteiger partial charge on any atom is -0.493 e. The molecule has 0 bridgehead atoms. The number of aromatic nitrogens is 1. The third-order valence-corrected chi connectivity index (χ3v) is 5.73. The Morgan fingerprint density at radius 2 is 1.93 bits per heavy atom. The molecule has 0 saturated carbocycles. The summed E-state index contributed by atoms with van der Waals surface area (Å²) < 4.78 is 10.8. The quantitative estimate of drug-likeness (QED) is 0.601. The van der Waals surface area contributed by atoms with E-state index in [1.54, 1.807) is 14.2 Å². The lowest BCUT2D eigenvalue weighted by molar-refractivity contribution is -0.123. The number of methoxy groups -OCH3 is 2. The summed E-state index contributed by atoms with van der Waals surface area (Å²) in [7, 11) is 3.28. The molecule has 0 spiro atoms. The minimum atomic E-state index is -0.582. The van der Waals surface area contributed by atoms with E-state index in [9.17, 15) is 4.79 Å². The fourth-order valence-corrected chi connectivity index (χ4v) is 4.14. The third-order valence-electron chi connectivity index (χ3n) is 5.73. The Morgan fingerprint density at radius 1 is 1.21 bits per heavy atom. The van der Waals surface area contributed by atoms with Crippen molar-refractivity contribution in [1.82, 2.24) is 10.3 Å². The van der Waals surface area contributed by atoms with Gasteiger partial charge in [-0.2, -0.15) is 0 Å². The maximum atomic E-state index is 12.7. The van der Waals surface area contributed by atoms with E-state index >= 15 is 0 Å². The average molecular weight is 393 g/mol. The molecular formula is C23H27N3O3. The van der Waals surface area contributed by atoms with Gasteiger partial charge in [0.2, 0.25) is 5.91 Å². The number of para-hydroxylation sites is 1. The molecule has 0 aliphatic heterocycles. The number of benzene rings is 2. The van der Waals surface area contributed by atoms with E-state index in [1.807, 2.05) is 42.6 Å². The number of carbonyl (C=O) groups is 1. The number of carbonyl (C=O) groups excluding carboxylic acids is 1. The van der Waals surface area contributed by atoms with Crippen molar-refractivity contribution >= 4 is 16.8 Å². The first kappa shape index (κ1) is 19.3. The predicted octanol–water partition coefficient (Wildman–Crippen LogP) is 2.73. The molecule has 6 nitrogen and oxygen atoms in total. The number of aryl methyl sites for hydroxylation is 1. The van der Waals surface area contributed by atoms with E-state index in [1.165, 1.54) is 11.1 Å². The second-order valence-electron chi connectivity index (χ2n) is 7.59. The van der Waals surface area contributed by atoms with Crippen LogP contribution in [0.2, 0.25) is 0 Å². The molecule has 29 heavy (non-hydrogen) atoms. The van der Waals surface area contributed by atoms with Crippen LogP contribution in [0.4, 0.5) is 0 Å². The monoisotopic (exact) mass is 393 g/mol. The largest absolute Gasteiger partial charge is 0.493 e. The van der Waals surface area contributed by atoms with Gasteiger partial charge in [-0.1, -0.05) is 18.2 Å². The smallest absolute Gasteiger partial charge is 0.237 e. The van der Waals surface area contributed by atoms with Crippen LogP contribution < -0.4 is 20.5 Å². The van der Waals surface area contributed by atoms with Crippen molar-refractivity contribution in [2.24, 2.45) is 5.73 Å². The molecule has 2 aromatic carbocycles. The van der Waals surface area contributed by atoms with Crippen molar-refractivity contribution in [3.05, 3.63) is 59.3 Å². The molecule has 152 valence electrons. The van der Waals surface area contributed by atoms with E-state index in [4.69, 9.17) is 15.2 Å². The van der Waals surface area contributed by atoms with Crippen molar-refractivity contribution in [3.63, 3.8) is 0 Å². The molecule has 1 aliphatic carbocycles. The number of fused-ring (bicyclic) bond motifs is 2. The lowest BCUT2D eigenvalue weighted by Gasteiger charge is -2.27. The molecule has 3 aromatic rings. The van der Waals surface area contributed by atoms with Crippen molar-refractivity contribution < 1.29 is 14.3 Å². The van der Waals surface area contributed by atoms with E-state index in [-0.39, 0.29) is 11.9 Å². The first-order valence-corrected chi connectivity index (χ1v) is 9.93. The summed E-state index contributed by atoms with van der Waals surface area (Å²) >= 11 is 0. The van der Waals surface area contributed by atoms with Gasteiger partial charge in [0.1, 0.15) is 0 Å². The first-order valence-electron chi connectivity index (χ1n) is 9.93. The SMILES string of the molecule is COc1cc2c(cc1OC)CC(NC(=O)C(N)Cc1c[nH]c3ccccc13)CC2. The van der Waals surface area contributed by atoms with Gasteiger partial charge in [-0.15, -0.1) is 0 Å². The Kier molecular flexibility index (Phi) is 5.45. The van der Waals surface area contributed by atoms with Crippen LogP contribution in [0.3, 0.4) is 0 Å². The molecule has 4 rings (SSSR count). The maximum Gasteiger partial charge on any atom is 0.237 e. The van der Waals surface area contributed by atoms with Gasteiger partial charge in [0.25, 0.3) is 0 Å². The number of hydrogen-bond donors (Lipinski definition) is 3. The number of nitrogens with two attached hydrogens (primary N) is 1. The van der Waals surface area contributed by atoms with E-state index < -0.39 is 6.04 Å². The van der Waals surface area contributed by atoms with Gasteiger partial charge in [-0.3, -0.25) is 4.79 Å². The normalized spacial score (nSPS) is 16.9. The van der Waals surface area contributed by atoms with Crippen molar-refractivity contribution in [1.29, 1.82) is 0 Å². The van der Waals surface area contributed by atoms with Gasteiger partial charge in [0.05, 0.1) is 20.3 Å². The van der Waals surface area contributed by atoms with Crippen LogP contribution >= 0.6 is 0 Å². The summed E-state index contributed by atoms with van der Waals surface area (Å²) in [5.41, 5.74) is 10.8. The lowest BCUT2D eigenvalue weighted by Crippen LogP contribution is -2.48. The summed E-state index contributed by atoms with van der Waals surface area (Å²) in [6.45, 7) is 0. The highest BCUT2D eigenvalue weighted by Gasteiger charge is 2.25. The fourth-order valence-electron chi connectivity index (χ4n) is 4.14. The molecular weight excluding hydrogens is 366 g/mol. The summed E-state index contributed by atoms with van der Waals surface area (Å²) in [5.74, 6) is 1.35. The van der Waals surface area contributed by atoms with Crippen LogP contribution in [0.1, 0.15) is 23.1 Å². The number of hydrogen-bond acceptors (Lipinski definition) is 4. The zero-order valence-corrected chi connectivity index (χ0v) is 16.8. The molecule has 1 aromatic heterocycles. The topological polar surface area (TPSA) is 89.4 Å².